The average Bonchev–Trinajstić information content (AvgIpc) is 2.73. The molecule has 0 rings (SSSR count). The van der Waals surface area contributed by atoms with Crippen molar-refractivity contribution in [1.29, 1.82) is 0 Å². The summed E-state index contributed by atoms with van der Waals surface area (Å²) in [5.74, 6) is -1.33. The first kappa shape index (κ1) is 30.0. The Morgan fingerprint density at radius 1 is 0.452 bits per heavy atom. The minimum atomic E-state index is -3.23. The molecule has 0 unspecified atom stereocenters. The summed E-state index contributed by atoms with van der Waals surface area (Å²) in [5, 5.41) is 0. The predicted molar refractivity (Wildman–Crippen MR) is 124 cm³/mol. The molecule has 0 aromatic heterocycles. The summed E-state index contributed by atoms with van der Waals surface area (Å²) in [6.45, 7) is 6.42. The Balaban J connectivity index is 4.43. The zero-order chi connectivity index (χ0) is 23.2. The average molecular weight is 505 g/mol. The predicted octanol–water partition coefficient (Wildman–Crippen LogP) is 6.68. The van der Waals surface area contributed by atoms with Crippen LogP contribution in [-0.2, 0) is 25.6 Å². The van der Waals surface area contributed by atoms with Crippen LogP contribution in [0.25, 0.3) is 0 Å². The topological polar surface area (TPSA) is 78.9 Å². The van der Waals surface area contributed by atoms with Crippen molar-refractivity contribution in [2.24, 2.45) is 0 Å². The van der Waals surface area contributed by atoms with Crippen LogP contribution >= 0.6 is 0 Å². The van der Waals surface area contributed by atoms with Crippen LogP contribution in [0.15, 0.2) is 0 Å². The summed E-state index contributed by atoms with van der Waals surface area (Å²) in [5.41, 5.74) is 0. The monoisotopic (exact) mass is 504 g/mol. The van der Waals surface area contributed by atoms with Gasteiger partial charge in [-0.05, 0) is 0 Å². The van der Waals surface area contributed by atoms with Crippen LogP contribution in [0.3, 0.4) is 0 Å². The molecular formula is C24H45AsO6. The van der Waals surface area contributed by atoms with E-state index in [1.165, 1.54) is 0 Å². The van der Waals surface area contributed by atoms with Crippen LogP contribution in [-0.4, -0.2) is 33.6 Å². The Kier molecular flexibility index (Phi) is 21.4. The number of hydrogen-bond donors (Lipinski definition) is 0. The van der Waals surface area contributed by atoms with E-state index in [-0.39, 0.29) is 19.3 Å². The van der Waals surface area contributed by atoms with Crippen molar-refractivity contribution in [2.75, 3.05) is 0 Å². The van der Waals surface area contributed by atoms with E-state index < -0.39 is 33.6 Å². The maximum atomic E-state index is 12.1. The summed E-state index contributed by atoms with van der Waals surface area (Å²) >= 11 is -3.23. The van der Waals surface area contributed by atoms with Gasteiger partial charge < -0.3 is 0 Å². The fraction of sp³-hybridized carbons (Fsp3) is 0.875. The Hall–Kier alpha value is -1.03. The number of carbonyl (C=O) groups is 3. The van der Waals surface area contributed by atoms with Gasteiger partial charge in [0.1, 0.15) is 0 Å². The molecule has 0 aliphatic rings. The number of rotatable bonds is 21. The van der Waals surface area contributed by atoms with E-state index >= 15 is 0 Å². The first-order chi connectivity index (χ1) is 15.0. The van der Waals surface area contributed by atoms with Crippen molar-refractivity contribution >= 4 is 33.6 Å². The molecule has 0 bridgehead atoms. The molecule has 0 N–H and O–H groups in total. The van der Waals surface area contributed by atoms with Gasteiger partial charge in [-0.3, -0.25) is 0 Å². The van der Waals surface area contributed by atoms with Gasteiger partial charge in [0, 0.05) is 0 Å². The quantitative estimate of drug-likeness (QED) is 0.128. The molecule has 0 saturated carbocycles. The van der Waals surface area contributed by atoms with Crippen molar-refractivity contribution in [3.05, 3.63) is 0 Å². The minimum absolute atomic E-state index is 0.262. The normalized spacial score (nSPS) is 10.8. The van der Waals surface area contributed by atoms with Crippen molar-refractivity contribution < 1.29 is 25.6 Å². The summed E-state index contributed by atoms with van der Waals surface area (Å²) in [4.78, 5) is 36.4. The third-order valence-corrected chi connectivity index (χ3v) is 7.20. The summed E-state index contributed by atoms with van der Waals surface area (Å²) in [6.07, 6.45) is 16.0. The molecular weight excluding hydrogens is 459 g/mol. The number of unbranched alkanes of at least 4 members (excludes halogenated alkanes) is 12. The van der Waals surface area contributed by atoms with Crippen LogP contribution in [0.1, 0.15) is 136 Å². The van der Waals surface area contributed by atoms with Crippen LogP contribution in [0, 0.1) is 0 Å². The van der Waals surface area contributed by atoms with Gasteiger partial charge in [-0.1, -0.05) is 0 Å². The first-order valence-corrected chi connectivity index (χ1v) is 14.8. The molecule has 6 nitrogen and oxygen atoms in total. The zero-order valence-corrected chi connectivity index (χ0v) is 22.0. The van der Waals surface area contributed by atoms with Gasteiger partial charge in [-0.25, -0.2) is 0 Å². The molecule has 0 heterocycles. The maximum absolute atomic E-state index is 12.1. The molecule has 0 atom stereocenters. The van der Waals surface area contributed by atoms with Crippen LogP contribution in [0.5, 0.6) is 0 Å². The third kappa shape index (κ3) is 20.6. The van der Waals surface area contributed by atoms with Gasteiger partial charge >= 0.3 is 195 Å². The van der Waals surface area contributed by atoms with E-state index in [2.05, 4.69) is 20.8 Å². The summed E-state index contributed by atoms with van der Waals surface area (Å²) < 4.78 is 15.9. The van der Waals surface area contributed by atoms with Crippen LogP contribution in [0.4, 0.5) is 0 Å². The molecule has 0 amide bonds. The van der Waals surface area contributed by atoms with Gasteiger partial charge in [-0.2, -0.15) is 0 Å². The van der Waals surface area contributed by atoms with Gasteiger partial charge in [0.25, 0.3) is 0 Å². The van der Waals surface area contributed by atoms with Crippen LogP contribution in [0.2, 0.25) is 0 Å². The Morgan fingerprint density at radius 2 is 0.710 bits per heavy atom. The third-order valence-electron chi connectivity index (χ3n) is 4.98. The Bertz CT molecular complexity index is 402. The van der Waals surface area contributed by atoms with Gasteiger partial charge in [-0.15, -0.1) is 0 Å². The molecule has 182 valence electrons. The van der Waals surface area contributed by atoms with E-state index in [1.807, 2.05) is 0 Å². The molecule has 0 spiro atoms. The van der Waals surface area contributed by atoms with Gasteiger partial charge in [0.15, 0.2) is 0 Å². The molecule has 0 fully saturated rings. The van der Waals surface area contributed by atoms with Crippen molar-refractivity contribution in [1.82, 2.24) is 0 Å². The second-order valence-corrected chi connectivity index (χ2v) is 10.2. The van der Waals surface area contributed by atoms with Crippen molar-refractivity contribution in [3.63, 3.8) is 0 Å². The molecule has 0 aromatic carbocycles. The molecule has 0 radical (unpaired) electrons. The van der Waals surface area contributed by atoms with E-state index in [0.717, 1.165) is 96.3 Å². The van der Waals surface area contributed by atoms with Gasteiger partial charge in [0.05, 0.1) is 0 Å². The molecule has 31 heavy (non-hydrogen) atoms. The van der Waals surface area contributed by atoms with Crippen LogP contribution < -0.4 is 0 Å². The molecule has 0 aliphatic heterocycles. The molecule has 0 saturated heterocycles. The fourth-order valence-electron chi connectivity index (χ4n) is 3.06. The fourth-order valence-corrected chi connectivity index (χ4v) is 4.92. The second kappa shape index (κ2) is 22.2. The SMILES string of the molecule is CCCCCCCC(=O)O[As](OC(=O)CCCCCCC)OC(=O)CCCCCCC. The Labute approximate surface area is 195 Å². The van der Waals surface area contributed by atoms with E-state index in [1.54, 1.807) is 0 Å². The number of carbonyl (C=O) groups excluding carboxylic acids is 3. The van der Waals surface area contributed by atoms with E-state index in [9.17, 15) is 14.4 Å². The second-order valence-electron chi connectivity index (χ2n) is 8.11. The molecule has 7 heteroatoms. The van der Waals surface area contributed by atoms with E-state index in [4.69, 9.17) is 11.2 Å². The van der Waals surface area contributed by atoms with Crippen molar-refractivity contribution in [3.8, 4) is 0 Å². The van der Waals surface area contributed by atoms with Gasteiger partial charge in [0.2, 0.25) is 0 Å². The first-order valence-electron chi connectivity index (χ1n) is 12.5. The summed E-state index contributed by atoms with van der Waals surface area (Å²) in [6, 6.07) is 0. The standard InChI is InChI=1S/C24H45AsO6/c1-4-7-10-13-16-19-22(26)29-25(30-23(27)20-17-14-11-8-5-2)31-24(28)21-18-15-12-9-6-3/h4-21H2,1-3H3. The number of hydrogen-bond acceptors (Lipinski definition) is 6. The molecule has 0 aliphatic carbocycles. The van der Waals surface area contributed by atoms with E-state index in [0.29, 0.717) is 0 Å². The molecule has 0 aromatic rings. The zero-order valence-electron chi connectivity index (χ0n) is 20.1. The summed E-state index contributed by atoms with van der Waals surface area (Å²) in [7, 11) is 0. The van der Waals surface area contributed by atoms with Crippen molar-refractivity contribution in [2.45, 2.75) is 136 Å². The Morgan fingerprint density at radius 3 is 0.968 bits per heavy atom.